The molecule has 222 valence electrons. The number of imide groups is 1. The molecule has 2 aliphatic rings. The summed E-state index contributed by atoms with van der Waals surface area (Å²) in [5, 5.41) is 10.2. The van der Waals surface area contributed by atoms with Crippen molar-refractivity contribution < 1.29 is 50.6 Å². The molecule has 2 aromatic rings. The van der Waals surface area contributed by atoms with E-state index in [4.69, 9.17) is 14.6 Å². The fourth-order valence-corrected chi connectivity index (χ4v) is 6.17. The van der Waals surface area contributed by atoms with Crippen LogP contribution in [0, 0.1) is 11.8 Å². The van der Waals surface area contributed by atoms with Gasteiger partial charge < -0.3 is 9.84 Å². The zero-order valence-electron chi connectivity index (χ0n) is 22.4. The van der Waals surface area contributed by atoms with Gasteiger partial charge in [-0.15, -0.1) is 0 Å². The number of alkyl halides is 3. The van der Waals surface area contributed by atoms with Crippen LogP contribution in [0.4, 0.5) is 13.2 Å². The number of nitrogens with one attached hydrogen (secondary N) is 1. The molecule has 0 aliphatic carbocycles. The number of ether oxygens (including phenoxy) is 1. The van der Waals surface area contributed by atoms with Crippen molar-refractivity contribution in [3.05, 3.63) is 54.6 Å². The lowest BCUT2D eigenvalue weighted by Gasteiger charge is -2.29. The summed E-state index contributed by atoms with van der Waals surface area (Å²) in [6.45, 7) is 1.40. The number of rotatable bonds is 6. The van der Waals surface area contributed by atoms with Gasteiger partial charge in [-0.05, 0) is 30.2 Å². The Hall–Kier alpha value is -3.82. The Bertz CT molecular complexity index is 1430. The molecule has 2 fully saturated rings. The lowest BCUT2D eigenvalue weighted by molar-refractivity contribution is -0.192. The van der Waals surface area contributed by atoms with Gasteiger partial charge in [-0.25, -0.2) is 13.2 Å². The Balaban J connectivity index is 0.000000587. The molecule has 4 atom stereocenters. The summed E-state index contributed by atoms with van der Waals surface area (Å²) in [4.78, 5) is 48.1. The lowest BCUT2D eigenvalue weighted by atomic mass is 9.81. The third kappa shape index (κ3) is 6.11. The number of amides is 2. The minimum Gasteiger partial charge on any atom is -0.475 e. The average Bonchev–Trinajstić information content (AvgIpc) is 3.36. The molecule has 0 unspecified atom stereocenters. The molecule has 2 aromatic carbocycles. The normalized spacial score (nSPS) is 24.1. The number of carboxylic acid groups (broad SMARTS) is 1. The summed E-state index contributed by atoms with van der Waals surface area (Å²) < 4.78 is 64.3. The zero-order valence-corrected chi connectivity index (χ0v) is 23.2. The van der Waals surface area contributed by atoms with E-state index in [1.807, 2.05) is 30.3 Å². The maximum Gasteiger partial charge on any atom is 0.490 e. The zero-order chi connectivity index (χ0) is 30.9. The highest BCUT2D eigenvalue weighted by molar-refractivity contribution is 7.89. The number of esters is 1. The van der Waals surface area contributed by atoms with Crippen molar-refractivity contribution in [3.8, 4) is 11.1 Å². The van der Waals surface area contributed by atoms with Gasteiger partial charge in [0.15, 0.2) is 0 Å². The molecule has 2 saturated heterocycles. The third-order valence-corrected chi connectivity index (χ3v) is 8.93. The molecule has 15 heteroatoms. The van der Waals surface area contributed by atoms with Crippen LogP contribution in [0.15, 0.2) is 59.5 Å². The summed E-state index contributed by atoms with van der Waals surface area (Å²) in [5.74, 6) is -6.21. The van der Waals surface area contributed by atoms with Crippen LogP contribution < -0.4 is 5.32 Å². The maximum absolute atomic E-state index is 13.3. The number of likely N-dealkylation sites (tertiary alicyclic amines) is 1. The van der Waals surface area contributed by atoms with Crippen LogP contribution >= 0.6 is 0 Å². The number of carboxylic acids is 1. The Morgan fingerprint density at radius 2 is 1.56 bits per heavy atom. The van der Waals surface area contributed by atoms with Gasteiger partial charge in [-0.3, -0.25) is 24.6 Å². The monoisotopic (exact) mass is 599 g/mol. The van der Waals surface area contributed by atoms with E-state index in [-0.39, 0.29) is 11.4 Å². The van der Waals surface area contributed by atoms with Gasteiger partial charge in [0.05, 0.1) is 23.8 Å². The van der Waals surface area contributed by atoms with Gasteiger partial charge in [0.1, 0.15) is 5.54 Å². The van der Waals surface area contributed by atoms with E-state index in [9.17, 15) is 36.0 Å². The van der Waals surface area contributed by atoms with Gasteiger partial charge in [-0.2, -0.15) is 17.5 Å². The number of aliphatic carboxylic acids is 1. The molecular formula is C26H28F3N3O8S. The molecule has 4 rings (SSSR count). The van der Waals surface area contributed by atoms with Crippen molar-refractivity contribution in [1.82, 2.24) is 14.5 Å². The van der Waals surface area contributed by atoms with Crippen molar-refractivity contribution in [2.24, 2.45) is 11.8 Å². The SMILES string of the molecule is COC(=O)[C@]1(C)N[C@H](CN(C)S(=O)(=O)c2ccc(-c3ccccc3)cc2)[C@@H]2C(=O)N(C)C(=O)[C@@H]21.O=C(O)C(F)(F)F. The number of methoxy groups -OCH3 is 1. The number of likely N-dealkylation sites (N-methyl/N-ethyl adjacent to an activating group) is 1. The van der Waals surface area contributed by atoms with Crippen molar-refractivity contribution >= 4 is 33.8 Å². The maximum atomic E-state index is 13.3. The smallest absolute Gasteiger partial charge is 0.475 e. The molecule has 0 bridgehead atoms. The minimum atomic E-state index is -5.08. The van der Waals surface area contributed by atoms with Crippen LogP contribution in [-0.4, -0.2) is 92.0 Å². The number of nitrogens with zero attached hydrogens (tertiary/aromatic N) is 2. The van der Waals surface area contributed by atoms with Gasteiger partial charge in [-0.1, -0.05) is 42.5 Å². The highest BCUT2D eigenvalue weighted by Crippen LogP contribution is 2.43. The minimum absolute atomic E-state index is 0.103. The Morgan fingerprint density at radius 3 is 2.05 bits per heavy atom. The van der Waals surface area contributed by atoms with E-state index >= 15 is 0 Å². The predicted octanol–water partition coefficient (Wildman–Crippen LogP) is 1.74. The summed E-state index contributed by atoms with van der Waals surface area (Å²) >= 11 is 0. The largest absolute Gasteiger partial charge is 0.490 e. The Labute approximate surface area is 233 Å². The topological polar surface area (TPSA) is 150 Å². The van der Waals surface area contributed by atoms with Crippen LogP contribution in [0.1, 0.15) is 6.92 Å². The highest BCUT2D eigenvalue weighted by Gasteiger charge is 2.66. The molecule has 11 nitrogen and oxygen atoms in total. The second kappa shape index (κ2) is 11.6. The summed E-state index contributed by atoms with van der Waals surface area (Å²) in [6.07, 6.45) is -5.08. The van der Waals surface area contributed by atoms with Crippen molar-refractivity contribution in [2.45, 2.75) is 29.6 Å². The molecule has 0 spiro atoms. The molecule has 0 aromatic heterocycles. The van der Waals surface area contributed by atoms with E-state index < -0.39 is 63.4 Å². The van der Waals surface area contributed by atoms with Crippen LogP contribution in [0.3, 0.4) is 0 Å². The fraction of sp³-hybridized carbons (Fsp3) is 0.385. The molecule has 2 amide bonds. The van der Waals surface area contributed by atoms with Crippen LogP contribution in [-0.2, 0) is 33.9 Å². The number of carbonyl (C=O) groups is 4. The number of carbonyl (C=O) groups excluding carboxylic acids is 3. The number of hydrogen-bond donors (Lipinski definition) is 2. The second-order valence-electron chi connectivity index (χ2n) is 9.66. The number of benzene rings is 2. The first kappa shape index (κ1) is 31.7. The van der Waals surface area contributed by atoms with E-state index in [1.54, 1.807) is 12.1 Å². The van der Waals surface area contributed by atoms with Crippen molar-refractivity contribution in [3.63, 3.8) is 0 Å². The summed E-state index contributed by atoms with van der Waals surface area (Å²) in [5.41, 5.74) is 0.412. The van der Waals surface area contributed by atoms with E-state index in [0.29, 0.717) is 0 Å². The van der Waals surface area contributed by atoms with E-state index in [1.165, 1.54) is 40.3 Å². The van der Waals surface area contributed by atoms with Crippen molar-refractivity contribution in [2.75, 3.05) is 27.7 Å². The molecule has 2 N–H and O–H groups in total. The summed E-state index contributed by atoms with van der Waals surface area (Å²) in [7, 11) is 0.0923. The number of sulfonamides is 1. The van der Waals surface area contributed by atoms with Crippen LogP contribution in [0.25, 0.3) is 11.1 Å². The van der Waals surface area contributed by atoms with Crippen LogP contribution in [0.2, 0.25) is 0 Å². The predicted molar refractivity (Wildman–Crippen MR) is 137 cm³/mol. The van der Waals surface area contributed by atoms with Crippen molar-refractivity contribution in [1.29, 1.82) is 0 Å². The fourth-order valence-electron chi connectivity index (χ4n) is 4.97. The molecule has 41 heavy (non-hydrogen) atoms. The quantitative estimate of drug-likeness (QED) is 0.374. The van der Waals surface area contributed by atoms with Crippen LogP contribution in [0.5, 0.6) is 0 Å². The number of hydrogen-bond acceptors (Lipinski definition) is 8. The van der Waals surface area contributed by atoms with Gasteiger partial charge >= 0.3 is 18.1 Å². The lowest BCUT2D eigenvalue weighted by Crippen LogP contribution is -2.56. The van der Waals surface area contributed by atoms with Gasteiger partial charge in [0, 0.05) is 26.7 Å². The Kier molecular flexibility index (Phi) is 8.96. The van der Waals surface area contributed by atoms with Gasteiger partial charge in [0.25, 0.3) is 0 Å². The second-order valence-corrected chi connectivity index (χ2v) is 11.7. The number of fused-ring (bicyclic) bond motifs is 1. The number of halogens is 3. The standard InChI is InChI=1S/C24H27N3O6S.C2HF3O2/c1-24(23(30)33-4)20-19(21(28)27(3)22(20)29)18(25-24)14-26(2)34(31,32)17-12-10-16(11-13-17)15-8-6-5-7-9-15;3-2(4,5)1(6)7/h5-13,18-20,25H,14H2,1-4H3;(H,6,7)/t18-,19+,20-,24-;/m1./s1. The first-order valence-corrected chi connectivity index (χ1v) is 13.5. The molecule has 2 heterocycles. The van der Waals surface area contributed by atoms with E-state index in [0.717, 1.165) is 20.3 Å². The highest BCUT2D eigenvalue weighted by atomic mass is 32.2. The van der Waals surface area contributed by atoms with Gasteiger partial charge in [0.2, 0.25) is 21.8 Å². The Morgan fingerprint density at radius 1 is 1.05 bits per heavy atom. The molecule has 2 aliphatic heterocycles. The average molecular weight is 600 g/mol. The summed E-state index contributed by atoms with van der Waals surface area (Å²) in [6, 6.07) is 15.4. The third-order valence-electron chi connectivity index (χ3n) is 7.09. The van der Waals surface area contributed by atoms with E-state index in [2.05, 4.69) is 5.32 Å². The first-order chi connectivity index (χ1) is 19.0. The molecular weight excluding hydrogens is 571 g/mol. The molecule has 0 radical (unpaired) electrons. The first-order valence-electron chi connectivity index (χ1n) is 12.1. The molecule has 0 saturated carbocycles.